The van der Waals surface area contributed by atoms with Crippen molar-refractivity contribution in [3.63, 3.8) is 0 Å². The predicted octanol–water partition coefficient (Wildman–Crippen LogP) is 4.96. The highest BCUT2D eigenvalue weighted by Crippen LogP contribution is 2.27. The molecule has 1 N–H and O–H groups in total. The average Bonchev–Trinajstić information content (AvgIpc) is 3.23. The number of anilines is 1. The van der Waals surface area contributed by atoms with Gasteiger partial charge in [-0.2, -0.15) is 0 Å². The summed E-state index contributed by atoms with van der Waals surface area (Å²) >= 11 is 1.20. The van der Waals surface area contributed by atoms with E-state index >= 15 is 0 Å². The molecule has 130 valence electrons. The fourth-order valence-electron chi connectivity index (χ4n) is 2.53. The molecule has 0 unspecified atom stereocenters. The van der Waals surface area contributed by atoms with Crippen molar-refractivity contribution >= 4 is 32.6 Å². The number of aryl methyl sites for hydroxylation is 2. The van der Waals surface area contributed by atoms with Crippen molar-refractivity contribution in [1.29, 1.82) is 0 Å². The van der Waals surface area contributed by atoms with Gasteiger partial charge in [0, 0.05) is 11.6 Å². The van der Waals surface area contributed by atoms with Crippen LogP contribution in [0.2, 0.25) is 0 Å². The summed E-state index contributed by atoms with van der Waals surface area (Å²) in [5.41, 5.74) is 3.95. The number of nitrogens with one attached hydrogen (secondary N) is 1. The van der Waals surface area contributed by atoms with Gasteiger partial charge in [0.25, 0.3) is 5.91 Å². The van der Waals surface area contributed by atoms with E-state index in [1.165, 1.54) is 29.0 Å². The number of carbonyl (C=O) groups is 1. The summed E-state index contributed by atoms with van der Waals surface area (Å²) in [6.07, 6.45) is 0. The van der Waals surface area contributed by atoms with E-state index in [0.717, 1.165) is 11.1 Å². The highest BCUT2D eigenvalue weighted by atomic mass is 32.1. The Bertz CT molecular complexity index is 1130. The molecule has 4 rings (SSSR count). The lowest BCUT2D eigenvalue weighted by molar-refractivity contribution is 0.101. The van der Waals surface area contributed by atoms with Gasteiger partial charge in [0.15, 0.2) is 16.6 Å². The first kappa shape index (κ1) is 16.4. The van der Waals surface area contributed by atoms with Gasteiger partial charge in [0.1, 0.15) is 5.82 Å². The molecule has 0 saturated heterocycles. The first-order valence-electron chi connectivity index (χ1n) is 7.91. The van der Waals surface area contributed by atoms with Gasteiger partial charge in [-0.05, 0) is 49.2 Å². The number of thiazole rings is 1. The van der Waals surface area contributed by atoms with Crippen LogP contribution in [0.1, 0.15) is 21.6 Å². The summed E-state index contributed by atoms with van der Waals surface area (Å²) in [5, 5.41) is 6.90. The second kappa shape index (κ2) is 6.34. The fraction of sp³-hybridized carbons (Fsp3) is 0.105. The molecular weight excluding hydrogens is 353 g/mol. The number of nitrogens with zero attached hydrogens (tertiary/aromatic N) is 2. The quantitative estimate of drug-likeness (QED) is 0.556. The number of halogens is 1. The molecule has 2 heterocycles. The Labute approximate surface area is 152 Å². The minimum Gasteiger partial charge on any atom is -0.355 e. The van der Waals surface area contributed by atoms with Crippen LogP contribution in [0.5, 0.6) is 0 Å². The number of hydrogen-bond acceptors (Lipinski definition) is 5. The smallest absolute Gasteiger partial charge is 0.279 e. The van der Waals surface area contributed by atoms with Gasteiger partial charge in [-0.3, -0.25) is 10.1 Å². The number of fused-ring (bicyclic) bond motifs is 1. The number of hydrogen-bond donors (Lipinski definition) is 1. The van der Waals surface area contributed by atoms with Gasteiger partial charge >= 0.3 is 0 Å². The van der Waals surface area contributed by atoms with Gasteiger partial charge in [0.05, 0.1) is 10.2 Å². The molecule has 1 amide bonds. The maximum atomic E-state index is 13.3. The van der Waals surface area contributed by atoms with Crippen molar-refractivity contribution in [2.45, 2.75) is 13.8 Å². The lowest BCUT2D eigenvalue weighted by Crippen LogP contribution is -2.11. The molecule has 0 saturated carbocycles. The van der Waals surface area contributed by atoms with E-state index in [1.54, 1.807) is 12.1 Å². The second-order valence-corrected chi connectivity index (χ2v) is 6.99. The Morgan fingerprint density at radius 2 is 1.96 bits per heavy atom. The van der Waals surface area contributed by atoms with Crippen LogP contribution in [0.15, 0.2) is 47.0 Å². The van der Waals surface area contributed by atoms with E-state index in [-0.39, 0.29) is 11.5 Å². The molecule has 0 fully saturated rings. The van der Waals surface area contributed by atoms with Gasteiger partial charge in [-0.15, -0.1) is 0 Å². The minimum atomic E-state index is -0.427. The van der Waals surface area contributed by atoms with Crippen molar-refractivity contribution in [3.05, 3.63) is 65.1 Å². The highest BCUT2D eigenvalue weighted by Gasteiger charge is 2.16. The van der Waals surface area contributed by atoms with Gasteiger partial charge in [-0.1, -0.05) is 28.6 Å². The van der Waals surface area contributed by atoms with Gasteiger partial charge in [-0.25, -0.2) is 9.37 Å². The highest BCUT2D eigenvalue weighted by molar-refractivity contribution is 7.22. The van der Waals surface area contributed by atoms with Gasteiger partial charge in [0.2, 0.25) is 0 Å². The van der Waals surface area contributed by atoms with Crippen LogP contribution in [0.4, 0.5) is 9.52 Å². The minimum absolute atomic E-state index is 0.156. The first-order chi connectivity index (χ1) is 12.5. The summed E-state index contributed by atoms with van der Waals surface area (Å²) < 4.78 is 19.2. The normalized spacial score (nSPS) is 11.0. The number of aromatic nitrogens is 2. The van der Waals surface area contributed by atoms with Crippen LogP contribution < -0.4 is 5.32 Å². The Morgan fingerprint density at radius 3 is 2.77 bits per heavy atom. The molecule has 0 aliphatic heterocycles. The molecular formula is C19H14FN3O2S. The standard InChI is InChI=1S/C19H14FN3O2S/c1-10-3-4-12(7-11(10)2)16-9-15(23-25-16)18(24)22-19-21-14-6-5-13(20)8-17(14)26-19/h3-9H,1-2H3,(H,21,22,24). The Hall–Kier alpha value is -3.06. The summed E-state index contributed by atoms with van der Waals surface area (Å²) in [7, 11) is 0. The summed E-state index contributed by atoms with van der Waals surface area (Å²) in [5.74, 6) is -0.249. The number of rotatable bonds is 3. The molecule has 0 aliphatic carbocycles. The molecule has 0 bridgehead atoms. The third-order valence-corrected chi connectivity index (χ3v) is 5.04. The Morgan fingerprint density at radius 1 is 1.12 bits per heavy atom. The van der Waals surface area contributed by atoms with Crippen LogP contribution in [0.25, 0.3) is 21.5 Å². The molecule has 26 heavy (non-hydrogen) atoms. The second-order valence-electron chi connectivity index (χ2n) is 5.96. The van der Waals surface area contributed by atoms with Crippen LogP contribution in [0.3, 0.4) is 0 Å². The van der Waals surface area contributed by atoms with Crippen molar-refractivity contribution in [3.8, 4) is 11.3 Å². The maximum absolute atomic E-state index is 13.3. The largest absolute Gasteiger partial charge is 0.355 e. The fourth-order valence-corrected chi connectivity index (χ4v) is 3.41. The molecule has 2 aromatic heterocycles. The molecule has 5 nitrogen and oxygen atoms in total. The molecule has 7 heteroatoms. The lowest BCUT2D eigenvalue weighted by Gasteiger charge is -2.01. The molecule has 0 atom stereocenters. The third-order valence-electron chi connectivity index (χ3n) is 4.11. The average molecular weight is 367 g/mol. The van der Waals surface area contributed by atoms with Crippen molar-refractivity contribution < 1.29 is 13.7 Å². The van der Waals surface area contributed by atoms with Crippen LogP contribution in [-0.2, 0) is 0 Å². The van der Waals surface area contributed by atoms with Crippen molar-refractivity contribution in [1.82, 2.24) is 10.1 Å². The van der Waals surface area contributed by atoms with E-state index < -0.39 is 5.91 Å². The zero-order valence-electron chi connectivity index (χ0n) is 14.0. The first-order valence-corrected chi connectivity index (χ1v) is 8.73. The van der Waals surface area contributed by atoms with E-state index in [2.05, 4.69) is 15.5 Å². The van der Waals surface area contributed by atoms with E-state index in [9.17, 15) is 9.18 Å². The Balaban J connectivity index is 1.56. The van der Waals surface area contributed by atoms with E-state index in [1.807, 2.05) is 32.0 Å². The molecule has 2 aromatic carbocycles. The van der Waals surface area contributed by atoms with Crippen molar-refractivity contribution in [2.75, 3.05) is 5.32 Å². The third kappa shape index (κ3) is 3.09. The van der Waals surface area contributed by atoms with Crippen LogP contribution in [-0.4, -0.2) is 16.0 Å². The molecule has 0 spiro atoms. The van der Waals surface area contributed by atoms with Crippen molar-refractivity contribution in [2.24, 2.45) is 0 Å². The molecule has 0 radical (unpaired) electrons. The molecule has 0 aliphatic rings. The number of carbonyl (C=O) groups excluding carboxylic acids is 1. The number of amides is 1. The monoisotopic (exact) mass is 367 g/mol. The predicted molar refractivity (Wildman–Crippen MR) is 98.9 cm³/mol. The maximum Gasteiger partial charge on any atom is 0.279 e. The topological polar surface area (TPSA) is 68.0 Å². The van der Waals surface area contributed by atoms with E-state index in [0.29, 0.717) is 21.1 Å². The molecule has 4 aromatic rings. The summed E-state index contributed by atoms with van der Waals surface area (Å²) in [6.45, 7) is 4.04. The SMILES string of the molecule is Cc1ccc(-c2cc(C(=O)Nc3nc4ccc(F)cc4s3)no2)cc1C. The lowest BCUT2D eigenvalue weighted by atomic mass is 10.0. The van der Waals surface area contributed by atoms with Crippen LogP contribution in [0, 0.1) is 19.7 Å². The van der Waals surface area contributed by atoms with Crippen LogP contribution >= 0.6 is 11.3 Å². The van der Waals surface area contributed by atoms with E-state index in [4.69, 9.17) is 4.52 Å². The van der Waals surface area contributed by atoms with Gasteiger partial charge < -0.3 is 4.52 Å². The summed E-state index contributed by atoms with van der Waals surface area (Å²) in [6, 6.07) is 11.8. The Kier molecular flexibility index (Phi) is 4.00. The summed E-state index contributed by atoms with van der Waals surface area (Å²) in [4.78, 5) is 16.6. The zero-order chi connectivity index (χ0) is 18.3. The zero-order valence-corrected chi connectivity index (χ0v) is 14.9. The number of benzene rings is 2.